The Labute approximate surface area is 105 Å². The van der Waals surface area contributed by atoms with Crippen molar-refractivity contribution in [3.8, 4) is 0 Å². The molecule has 0 amide bonds. The minimum atomic E-state index is 0.320. The number of likely N-dealkylation sites (tertiary alicyclic amines) is 1. The van der Waals surface area contributed by atoms with E-state index in [-0.39, 0.29) is 0 Å². The molecule has 0 spiro atoms. The van der Waals surface area contributed by atoms with Crippen LogP contribution in [0.5, 0.6) is 0 Å². The third-order valence-corrected chi connectivity index (χ3v) is 3.67. The highest BCUT2D eigenvalue weighted by Gasteiger charge is 2.17. The Bertz CT molecular complexity index is 310. The van der Waals surface area contributed by atoms with E-state index in [9.17, 15) is 0 Å². The van der Waals surface area contributed by atoms with Gasteiger partial charge in [0.15, 0.2) is 0 Å². The van der Waals surface area contributed by atoms with Crippen LogP contribution in [0.4, 0.5) is 0 Å². The van der Waals surface area contributed by atoms with Gasteiger partial charge < -0.3 is 5.73 Å². The third-order valence-electron chi connectivity index (χ3n) is 3.67. The maximum absolute atomic E-state index is 6.10. The van der Waals surface area contributed by atoms with Gasteiger partial charge in [0, 0.05) is 0 Å². The van der Waals surface area contributed by atoms with Crippen LogP contribution in [0.1, 0.15) is 37.7 Å². The van der Waals surface area contributed by atoms with Crippen LogP contribution in [0.25, 0.3) is 0 Å². The fourth-order valence-corrected chi connectivity index (χ4v) is 2.58. The van der Waals surface area contributed by atoms with Gasteiger partial charge in [-0.15, -0.1) is 0 Å². The second kappa shape index (κ2) is 6.77. The first-order valence-electron chi connectivity index (χ1n) is 6.90. The van der Waals surface area contributed by atoms with Crippen molar-refractivity contribution in [3.05, 3.63) is 35.9 Å². The highest BCUT2D eigenvalue weighted by atomic mass is 15.2. The second-order valence-corrected chi connectivity index (χ2v) is 5.04. The summed E-state index contributed by atoms with van der Waals surface area (Å²) < 4.78 is 0. The Balaban J connectivity index is 1.63. The number of aryl methyl sites for hydroxylation is 1. The van der Waals surface area contributed by atoms with Gasteiger partial charge in [0.25, 0.3) is 0 Å². The normalized spacial score (nSPS) is 21.6. The van der Waals surface area contributed by atoms with Crippen LogP contribution < -0.4 is 5.73 Å². The zero-order valence-electron chi connectivity index (χ0n) is 10.6. The lowest BCUT2D eigenvalue weighted by Gasteiger charge is -2.32. The monoisotopic (exact) mass is 232 g/mol. The lowest BCUT2D eigenvalue weighted by Crippen LogP contribution is -2.45. The topological polar surface area (TPSA) is 29.3 Å². The van der Waals surface area contributed by atoms with Crippen molar-refractivity contribution in [3.63, 3.8) is 0 Å². The molecule has 1 atom stereocenters. The second-order valence-electron chi connectivity index (χ2n) is 5.04. The van der Waals surface area contributed by atoms with Crippen LogP contribution in [0.2, 0.25) is 0 Å². The summed E-state index contributed by atoms with van der Waals surface area (Å²) in [6.45, 7) is 2.38. The number of rotatable bonds is 5. The fraction of sp³-hybridized carbons (Fsp3) is 0.600. The molecule has 1 heterocycles. The molecule has 17 heavy (non-hydrogen) atoms. The summed E-state index contributed by atoms with van der Waals surface area (Å²) in [5.41, 5.74) is 7.55. The molecule has 0 saturated carbocycles. The van der Waals surface area contributed by atoms with Gasteiger partial charge in [0.1, 0.15) is 0 Å². The minimum Gasteiger partial charge on any atom is -0.316 e. The number of unbranched alkanes of at least 4 members (excludes halogenated alkanes) is 1. The summed E-state index contributed by atoms with van der Waals surface area (Å²) in [5.74, 6) is 0. The fourth-order valence-electron chi connectivity index (χ4n) is 2.58. The molecule has 0 radical (unpaired) electrons. The Kier molecular flexibility index (Phi) is 5.02. The van der Waals surface area contributed by atoms with Gasteiger partial charge in [-0.2, -0.15) is 0 Å². The van der Waals surface area contributed by atoms with E-state index in [2.05, 4.69) is 35.2 Å². The van der Waals surface area contributed by atoms with Gasteiger partial charge in [0.2, 0.25) is 0 Å². The van der Waals surface area contributed by atoms with Gasteiger partial charge in [0.05, 0.1) is 6.17 Å². The maximum Gasteiger partial charge on any atom is 0.0571 e. The molecule has 1 aromatic carbocycles. The maximum atomic E-state index is 6.10. The highest BCUT2D eigenvalue weighted by molar-refractivity contribution is 5.14. The van der Waals surface area contributed by atoms with E-state index in [1.165, 1.54) is 57.2 Å². The average Bonchev–Trinajstić information content (AvgIpc) is 2.38. The minimum absolute atomic E-state index is 0.320. The number of hydrogen-bond donors (Lipinski definition) is 1. The SMILES string of the molecule is NC1CCCCN1CCCCc1ccccc1. The quantitative estimate of drug-likeness (QED) is 0.791. The molecule has 2 heteroatoms. The van der Waals surface area contributed by atoms with E-state index in [1.807, 2.05) is 0 Å². The summed E-state index contributed by atoms with van der Waals surface area (Å²) in [5, 5.41) is 0. The number of nitrogens with zero attached hydrogens (tertiary/aromatic N) is 1. The van der Waals surface area contributed by atoms with Gasteiger partial charge in [-0.05, 0) is 57.2 Å². The zero-order valence-corrected chi connectivity index (χ0v) is 10.6. The van der Waals surface area contributed by atoms with E-state index in [1.54, 1.807) is 0 Å². The molecule has 0 aromatic heterocycles. The van der Waals surface area contributed by atoms with Crippen LogP contribution in [0.3, 0.4) is 0 Å². The molecular weight excluding hydrogens is 208 g/mol. The lowest BCUT2D eigenvalue weighted by molar-refractivity contribution is 0.149. The van der Waals surface area contributed by atoms with Gasteiger partial charge in [-0.3, -0.25) is 4.90 Å². The molecule has 2 rings (SSSR count). The molecule has 1 aliphatic rings. The van der Waals surface area contributed by atoms with Crippen molar-refractivity contribution >= 4 is 0 Å². The van der Waals surface area contributed by atoms with Gasteiger partial charge in [-0.25, -0.2) is 0 Å². The number of nitrogens with two attached hydrogens (primary N) is 1. The molecule has 0 aliphatic carbocycles. The Morgan fingerprint density at radius 3 is 2.71 bits per heavy atom. The van der Waals surface area contributed by atoms with E-state index < -0.39 is 0 Å². The van der Waals surface area contributed by atoms with Crippen molar-refractivity contribution in [2.75, 3.05) is 13.1 Å². The molecule has 1 aromatic rings. The van der Waals surface area contributed by atoms with Crippen molar-refractivity contribution in [2.45, 2.75) is 44.7 Å². The molecule has 2 nitrogen and oxygen atoms in total. The Hall–Kier alpha value is -0.860. The number of hydrogen-bond acceptors (Lipinski definition) is 2. The van der Waals surface area contributed by atoms with Crippen molar-refractivity contribution in [2.24, 2.45) is 5.73 Å². The van der Waals surface area contributed by atoms with Crippen LogP contribution in [0.15, 0.2) is 30.3 Å². The molecule has 1 aliphatic heterocycles. The first kappa shape index (κ1) is 12.6. The predicted molar refractivity (Wildman–Crippen MR) is 72.8 cm³/mol. The summed E-state index contributed by atoms with van der Waals surface area (Å²) in [7, 11) is 0. The standard InChI is InChI=1S/C15H24N2/c16-15-11-5-7-13-17(15)12-6-4-10-14-8-2-1-3-9-14/h1-3,8-9,15H,4-7,10-13,16H2. The zero-order chi connectivity index (χ0) is 11.9. The van der Waals surface area contributed by atoms with Crippen molar-refractivity contribution in [1.82, 2.24) is 4.90 Å². The summed E-state index contributed by atoms with van der Waals surface area (Å²) >= 11 is 0. The van der Waals surface area contributed by atoms with E-state index in [4.69, 9.17) is 5.73 Å². The first-order chi connectivity index (χ1) is 8.36. The van der Waals surface area contributed by atoms with Gasteiger partial charge in [-0.1, -0.05) is 30.3 Å². The van der Waals surface area contributed by atoms with E-state index in [0.29, 0.717) is 6.17 Å². The molecule has 1 fully saturated rings. The van der Waals surface area contributed by atoms with E-state index >= 15 is 0 Å². The van der Waals surface area contributed by atoms with Crippen LogP contribution in [-0.2, 0) is 6.42 Å². The smallest absolute Gasteiger partial charge is 0.0571 e. The van der Waals surface area contributed by atoms with Gasteiger partial charge >= 0.3 is 0 Å². The molecular formula is C15H24N2. The van der Waals surface area contributed by atoms with Crippen LogP contribution in [-0.4, -0.2) is 24.2 Å². The van der Waals surface area contributed by atoms with Crippen molar-refractivity contribution in [1.29, 1.82) is 0 Å². The summed E-state index contributed by atoms with van der Waals surface area (Å²) in [4.78, 5) is 2.45. The molecule has 2 N–H and O–H groups in total. The summed E-state index contributed by atoms with van der Waals surface area (Å²) in [6.07, 6.45) is 7.87. The first-order valence-corrected chi connectivity index (χ1v) is 6.90. The van der Waals surface area contributed by atoms with Crippen molar-refractivity contribution < 1.29 is 0 Å². The molecule has 1 saturated heterocycles. The van der Waals surface area contributed by atoms with E-state index in [0.717, 1.165) is 0 Å². The molecule has 1 unspecified atom stereocenters. The Morgan fingerprint density at radius 2 is 1.94 bits per heavy atom. The Morgan fingerprint density at radius 1 is 1.12 bits per heavy atom. The molecule has 94 valence electrons. The highest BCUT2D eigenvalue weighted by Crippen LogP contribution is 2.14. The largest absolute Gasteiger partial charge is 0.316 e. The molecule has 0 bridgehead atoms. The van der Waals surface area contributed by atoms with Crippen LogP contribution >= 0.6 is 0 Å². The predicted octanol–water partition coefficient (Wildman–Crippen LogP) is 2.78. The number of benzene rings is 1. The summed E-state index contributed by atoms with van der Waals surface area (Å²) in [6, 6.07) is 10.8. The average molecular weight is 232 g/mol. The number of piperidine rings is 1. The third kappa shape index (κ3) is 4.14. The van der Waals surface area contributed by atoms with Crippen LogP contribution in [0, 0.1) is 0 Å². The lowest BCUT2D eigenvalue weighted by atomic mass is 10.1.